The third-order valence-corrected chi connectivity index (χ3v) is 9.90. The first-order chi connectivity index (χ1) is 24.6. The van der Waals surface area contributed by atoms with E-state index in [2.05, 4.69) is 41.8 Å². The molecule has 0 saturated carbocycles. The van der Waals surface area contributed by atoms with Crippen LogP contribution in [0.5, 0.6) is 5.75 Å². The van der Waals surface area contributed by atoms with Crippen LogP contribution in [0.4, 0.5) is 23.1 Å². The van der Waals surface area contributed by atoms with Crippen molar-refractivity contribution in [3.63, 3.8) is 0 Å². The molecule has 2 saturated heterocycles. The zero-order valence-corrected chi connectivity index (χ0v) is 29.1. The van der Waals surface area contributed by atoms with Gasteiger partial charge in [0.15, 0.2) is 18.2 Å². The number of amides is 3. The number of fused-ring (bicyclic) bond motifs is 2. The number of hydrogen-bond donors (Lipinski definition) is 3. The molecule has 264 valence electrons. The maximum Gasteiger partial charge on any atom is 0.293 e. The van der Waals surface area contributed by atoms with Crippen LogP contribution in [0.25, 0.3) is 21.9 Å². The van der Waals surface area contributed by atoms with Gasteiger partial charge in [-0.05, 0) is 61.7 Å². The number of benzene rings is 2. The number of piperidine rings is 2. The molecule has 0 radical (unpaired) electrons. The Morgan fingerprint density at radius 1 is 1.06 bits per heavy atom. The summed E-state index contributed by atoms with van der Waals surface area (Å²) in [5.74, 6) is 0.175. The number of carbonyl (C=O) groups excluding carboxylic acids is 3. The first-order valence-electron chi connectivity index (χ1n) is 16.6. The topological polar surface area (TPSA) is 169 Å². The van der Waals surface area contributed by atoms with Crippen molar-refractivity contribution in [2.24, 2.45) is 7.05 Å². The van der Waals surface area contributed by atoms with E-state index in [9.17, 15) is 19.2 Å². The van der Waals surface area contributed by atoms with Gasteiger partial charge in [-0.15, -0.1) is 0 Å². The van der Waals surface area contributed by atoms with Gasteiger partial charge in [0, 0.05) is 63.5 Å². The van der Waals surface area contributed by atoms with E-state index in [1.165, 1.54) is 11.6 Å². The summed E-state index contributed by atoms with van der Waals surface area (Å²) in [5, 5.41) is 9.27. The maximum absolute atomic E-state index is 12.8. The summed E-state index contributed by atoms with van der Waals surface area (Å²) in [6, 6.07) is 13.0. The van der Waals surface area contributed by atoms with Gasteiger partial charge in [-0.3, -0.25) is 24.5 Å². The summed E-state index contributed by atoms with van der Waals surface area (Å²) < 4.78 is 8.82. The molecule has 51 heavy (non-hydrogen) atoms. The molecular weight excluding hydrogens is 676 g/mol. The molecular formula is C35H37ClN10O5. The first-order valence-corrected chi connectivity index (χ1v) is 17.0. The fraction of sp³-hybridized carbons (Fsp3) is 0.343. The van der Waals surface area contributed by atoms with E-state index in [4.69, 9.17) is 21.3 Å². The first kappa shape index (κ1) is 33.8. The van der Waals surface area contributed by atoms with Crippen molar-refractivity contribution in [1.82, 2.24) is 34.7 Å². The van der Waals surface area contributed by atoms with E-state index >= 15 is 0 Å². The van der Waals surface area contributed by atoms with Crippen LogP contribution in [-0.4, -0.2) is 81.6 Å². The zero-order chi connectivity index (χ0) is 35.8. The minimum Gasteiger partial charge on any atom is -0.478 e. The van der Waals surface area contributed by atoms with E-state index in [0.29, 0.717) is 40.8 Å². The standard InChI is InChI=1S/C35H37ClN10O5/c1-37-31(48)18-51-29-15-20-14-21(4-6-26(20)44(3)34(29)50)40-32-24(36)17-38-35(42-32)43(2)22-10-12-45(13-11-22)23-5-7-27-25(16-23)39-19-46(27)28-8-9-30(47)41-33(28)49/h4-7,14-17,19,22,28H,8-13,18H2,1-3H3,(H,37,48)(H,38,40,42)(H,41,47,49). The number of nitrogens with zero attached hydrogens (tertiary/aromatic N) is 7. The Bertz CT molecular complexity index is 2230. The van der Waals surface area contributed by atoms with Crippen LogP contribution in [0.2, 0.25) is 5.02 Å². The highest BCUT2D eigenvalue weighted by molar-refractivity contribution is 6.33. The lowest BCUT2D eigenvalue weighted by Gasteiger charge is -2.38. The van der Waals surface area contributed by atoms with E-state index in [1.54, 1.807) is 25.6 Å². The van der Waals surface area contributed by atoms with Gasteiger partial charge >= 0.3 is 0 Å². The fourth-order valence-corrected chi connectivity index (χ4v) is 6.83. The molecule has 0 bridgehead atoms. The summed E-state index contributed by atoms with van der Waals surface area (Å²) in [7, 11) is 5.14. The third kappa shape index (κ3) is 6.76. The molecule has 3 amide bonds. The van der Waals surface area contributed by atoms with Gasteiger partial charge in [0.2, 0.25) is 17.8 Å². The van der Waals surface area contributed by atoms with Crippen molar-refractivity contribution in [3.05, 3.63) is 70.4 Å². The summed E-state index contributed by atoms with van der Waals surface area (Å²) in [4.78, 5) is 66.8. The Labute approximate surface area is 297 Å². The lowest BCUT2D eigenvalue weighted by atomic mass is 10.0. The highest BCUT2D eigenvalue weighted by atomic mass is 35.5. The number of imide groups is 1. The number of ether oxygens (including phenoxy) is 1. The van der Waals surface area contributed by atoms with Crippen molar-refractivity contribution in [1.29, 1.82) is 0 Å². The molecule has 3 N–H and O–H groups in total. The molecule has 1 unspecified atom stereocenters. The molecule has 0 spiro atoms. The second kappa shape index (κ2) is 13.9. The number of anilines is 4. The monoisotopic (exact) mass is 712 g/mol. The van der Waals surface area contributed by atoms with E-state index in [0.717, 1.165) is 48.0 Å². The molecule has 5 aromatic rings. The quantitative estimate of drug-likeness (QED) is 0.192. The van der Waals surface area contributed by atoms with Crippen LogP contribution >= 0.6 is 11.6 Å². The smallest absolute Gasteiger partial charge is 0.293 e. The Kier molecular flexibility index (Phi) is 9.21. The van der Waals surface area contributed by atoms with Gasteiger partial charge in [-0.2, -0.15) is 4.98 Å². The third-order valence-electron chi connectivity index (χ3n) is 9.62. The number of carbonyl (C=O) groups is 3. The van der Waals surface area contributed by atoms with Crippen molar-refractivity contribution in [2.75, 3.05) is 48.9 Å². The number of pyridine rings is 1. The Hall–Kier alpha value is -5.70. The number of imidazole rings is 1. The van der Waals surface area contributed by atoms with Crippen LogP contribution in [0.1, 0.15) is 31.7 Å². The van der Waals surface area contributed by atoms with Crippen molar-refractivity contribution in [2.45, 2.75) is 37.8 Å². The van der Waals surface area contributed by atoms with Gasteiger partial charge < -0.3 is 34.3 Å². The Morgan fingerprint density at radius 2 is 1.84 bits per heavy atom. The van der Waals surface area contributed by atoms with E-state index < -0.39 is 6.04 Å². The van der Waals surface area contributed by atoms with Crippen LogP contribution < -0.4 is 36.0 Å². The van der Waals surface area contributed by atoms with Crippen molar-refractivity contribution < 1.29 is 19.1 Å². The molecule has 7 rings (SSSR count). The average Bonchev–Trinajstić information content (AvgIpc) is 3.56. The number of halogens is 1. The molecule has 0 aliphatic carbocycles. The fourth-order valence-electron chi connectivity index (χ4n) is 6.69. The van der Waals surface area contributed by atoms with Gasteiger partial charge in [-0.1, -0.05) is 11.6 Å². The molecule has 2 aliphatic rings. The van der Waals surface area contributed by atoms with Crippen molar-refractivity contribution >= 4 is 74.4 Å². The number of aryl methyl sites for hydroxylation is 1. The summed E-state index contributed by atoms with van der Waals surface area (Å²) in [5.41, 5.74) is 3.77. The highest BCUT2D eigenvalue weighted by Gasteiger charge is 2.30. The van der Waals surface area contributed by atoms with Crippen LogP contribution in [0, 0.1) is 0 Å². The van der Waals surface area contributed by atoms with Gasteiger partial charge in [0.25, 0.3) is 11.5 Å². The van der Waals surface area contributed by atoms with E-state index in [-0.39, 0.29) is 41.7 Å². The molecule has 2 aromatic carbocycles. The SMILES string of the molecule is CNC(=O)COc1cc2cc(Nc3nc(N(C)C4CCN(c5ccc6c(c5)ncn6C5CCC(=O)NC5=O)CC4)ncc3Cl)ccc2n(C)c1=O. The number of likely N-dealkylation sites (N-methyl/N-ethyl adjacent to an activating group) is 1. The molecule has 3 aromatic heterocycles. The number of nitrogens with one attached hydrogen (secondary N) is 3. The number of aromatic nitrogens is 5. The lowest BCUT2D eigenvalue weighted by molar-refractivity contribution is -0.135. The van der Waals surface area contributed by atoms with Crippen LogP contribution in [0.15, 0.2) is 59.8 Å². The maximum atomic E-state index is 12.8. The molecule has 2 aliphatic heterocycles. The second-order valence-corrected chi connectivity index (χ2v) is 13.1. The predicted molar refractivity (Wildman–Crippen MR) is 194 cm³/mol. The minimum atomic E-state index is -0.449. The largest absolute Gasteiger partial charge is 0.478 e. The van der Waals surface area contributed by atoms with Crippen LogP contribution in [-0.2, 0) is 21.4 Å². The number of hydrogen-bond acceptors (Lipinski definition) is 11. The molecule has 5 heterocycles. The summed E-state index contributed by atoms with van der Waals surface area (Å²) in [6.07, 6.45) is 5.78. The van der Waals surface area contributed by atoms with Crippen molar-refractivity contribution in [3.8, 4) is 5.75 Å². The lowest BCUT2D eigenvalue weighted by Crippen LogP contribution is -2.44. The predicted octanol–water partition coefficient (Wildman–Crippen LogP) is 3.28. The van der Waals surface area contributed by atoms with Gasteiger partial charge in [-0.25, -0.2) is 9.97 Å². The normalized spacial score (nSPS) is 16.7. The molecule has 1 atom stereocenters. The van der Waals surface area contributed by atoms with E-state index in [1.807, 2.05) is 41.9 Å². The average molecular weight is 713 g/mol. The summed E-state index contributed by atoms with van der Waals surface area (Å²) >= 11 is 6.54. The van der Waals surface area contributed by atoms with Gasteiger partial charge in [0.05, 0.1) is 29.1 Å². The van der Waals surface area contributed by atoms with Crippen LogP contribution in [0.3, 0.4) is 0 Å². The number of rotatable bonds is 9. The Balaban J connectivity index is 1.02. The minimum absolute atomic E-state index is 0.0712. The second-order valence-electron chi connectivity index (χ2n) is 12.7. The summed E-state index contributed by atoms with van der Waals surface area (Å²) in [6.45, 7) is 1.38. The Morgan fingerprint density at radius 3 is 2.61 bits per heavy atom. The highest BCUT2D eigenvalue weighted by Crippen LogP contribution is 2.31. The van der Waals surface area contributed by atoms with Gasteiger partial charge in [0.1, 0.15) is 11.1 Å². The molecule has 15 nitrogen and oxygen atoms in total. The molecule has 16 heteroatoms. The zero-order valence-electron chi connectivity index (χ0n) is 28.4. The molecule has 2 fully saturated rings.